The van der Waals surface area contributed by atoms with Crippen molar-refractivity contribution in [1.82, 2.24) is 10.2 Å². The Morgan fingerprint density at radius 3 is 2.34 bits per heavy atom. The molecule has 0 spiro atoms. The highest BCUT2D eigenvalue weighted by Gasteiger charge is 2.32. The summed E-state index contributed by atoms with van der Waals surface area (Å²) in [4.78, 5) is 29.0. The smallest absolute Gasteiger partial charge is 0.243 e. The van der Waals surface area contributed by atoms with Crippen LogP contribution in [0.15, 0.2) is 78.9 Å². The van der Waals surface area contributed by atoms with Crippen molar-refractivity contribution >= 4 is 11.8 Å². The highest BCUT2D eigenvalue weighted by Crippen LogP contribution is 2.21. The Bertz CT molecular complexity index is 1140. The second-order valence-electron chi connectivity index (χ2n) is 9.47. The summed E-state index contributed by atoms with van der Waals surface area (Å²) >= 11 is 0. The molecule has 1 saturated carbocycles. The quantitative estimate of drug-likeness (QED) is 0.455. The van der Waals surface area contributed by atoms with E-state index < -0.39 is 11.9 Å². The molecule has 35 heavy (non-hydrogen) atoms. The molecule has 1 N–H and O–H groups in total. The van der Waals surface area contributed by atoms with Gasteiger partial charge in [0.15, 0.2) is 0 Å². The van der Waals surface area contributed by atoms with Crippen molar-refractivity contribution in [1.29, 1.82) is 0 Å². The van der Waals surface area contributed by atoms with Gasteiger partial charge in [-0.05, 0) is 42.5 Å². The van der Waals surface area contributed by atoms with Gasteiger partial charge in [-0.1, -0.05) is 91.2 Å². The highest BCUT2D eigenvalue weighted by molar-refractivity contribution is 5.89. The molecule has 182 valence electrons. The van der Waals surface area contributed by atoms with E-state index in [2.05, 4.69) is 5.32 Å². The van der Waals surface area contributed by atoms with Gasteiger partial charge in [0.2, 0.25) is 11.8 Å². The minimum Gasteiger partial charge on any atom is -0.352 e. The number of carbonyl (C=O) groups excluding carboxylic acids is 2. The summed E-state index contributed by atoms with van der Waals surface area (Å²) in [5.41, 5.74) is 3.34. The average molecular weight is 473 g/mol. The minimum atomic E-state index is -0.696. The van der Waals surface area contributed by atoms with Crippen LogP contribution in [0, 0.1) is 12.7 Å². The van der Waals surface area contributed by atoms with Crippen LogP contribution in [0.5, 0.6) is 0 Å². The first kappa shape index (κ1) is 24.6. The fourth-order valence-corrected chi connectivity index (χ4v) is 4.83. The Morgan fingerprint density at radius 1 is 0.943 bits per heavy atom. The molecule has 4 rings (SSSR count). The van der Waals surface area contributed by atoms with E-state index in [1.807, 2.05) is 61.5 Å². The summed E-state index contributed by atoms with van der Waals surface area (Å²) in [5, 5.41) is 3.20. The number of hydrogen-bond donors (Lipinski definition) is 1. The van der Waals surface area contributed by atoms with Gasteiger partial charge in [-0.25, -0.2) is 4.39 Å². The van der Waals surface area contributed by atoms with E-state index in [-0.39, 0.29) is 30.8 Å². The Kier molecular flexibility index (Phi) is 8.30. The molecule has 4 nitrogen and oxygen atoms in total. The third-order valence-electron chi connectivity index (χ3n) is 6.71. The predicted octanol–water partition coefficient (Wildman–Crippen LogP) is 5.38. The van der Waals surface area contributed by atoms with Crippen LogP contribution in [-0.4, -0.2) is 28.8 Å². The number of nitrogens with one attached hydrogen (secondary N) is 1. The normalized spacial score (nSPS) is 14.5. The van der Waals surface area contributed by atoms with Crippen molar-refractivity contribution in [3.8, 4) is 0 Å². The Morgan fingerprint density at radius 2 is 1.63 bits per heavy atom. The largest absolute Gasteiger partial charge is 0.352 e. The van der Waals surface area contributed by atoms with Crippen molar-refractivity contribution < 1.29 is 14.0 Å². The molecule has 1 atom stereocenters. The van der Waals surface area contributed by atoms with Crippen LogP contribution in [-0.2, 0) is 29.0 Å². The molecule has 1 fully saturated rings. The predicted molar refractivity (Wildman–Crippen MR) is 136 cm³/mol. The third-order valence-corrected chi connectivity index (χ3v) is 6.71. The van der Waals surface area contributed by atoms with Gasteiger partial charge in [0.05, 0.1) is 6.42 Å². The maximum atomic E-state index is 14.4. The first-order chi connectivity index (χ1) is 17.0. The number of aryl methyl sites for hydroxylation is 1. The van der Waals surface area contributed by atoms with Crippen molar-refractivity contribution in [3.63, 3.8) is 0 Å². The molecule has 0 radical (unpaired) electrons. The summed E-state index contributed by atoms with van der Waals surface area (Å²) in [6.07, 6.45) is 4.44. The van der Waals surface area contributed by atoms with Gasteiger partial charge in [0, 0.05) is 19.0 Å². The maximum Gasteiger partial charge on any atom is 0.243 e. The summed E-state index contributed by atoms with van der Waals surface area (Å²) in [7, 11) is 0. The number of rotatable bonds is 9. The van der Waals surface area contributed by atoms with Crippen LogP contribution in [0.1, 0.15) is 47.9 Å². The topological polar surface area (TPSA) is 49.4 Å². The molecule has 5 heteroatoms. The lowest BCUT2D eigenvalue weighted by molar-refractivity contribution is -0.141. The summed E-state index contributed by atoms with van der Waals surface area (Å²) in [6, 6.07) is 23.5. The van der Waals surface area contributed by atoms with Crippen LogP contribution < -0.4 is 5.32 Å². The van der Waals surface area contributed by atoms with Crippen LogP contribution in [0.2, 0.25) is 0 Å². The molecule has 1 aliphatic rings. The summed E-state index contributed by atoms with van der Waals surface area (Å²) < 4.78 is 14.4. The standard InChI is InChI=1S/C30H33FN2O2/c1-22-10-9-13-24(18-22)21-33(29(34)20-25-14-5-8-17-27(25)31)28(19-23-11-3-2-4-12-23)30(35)32-26-15-6-7-16-26/h2-5,8-14,17-18,26,28H,6-7,15-16,19-21H2,1H3,(H,32,35). The first-order valence-electron chi connectivity index (χ1n) is 12.4. The Hall–Kier alpha value is -3.47. The van der Waals surface area contributed by atoms with Crippen molar-refractivity contribution in [2.75, 3.05) is 0 Å². The fourth-order valence-electron chi connectivity index (χ4n) is 4.83. The maximum absolute atomic E-state index is 14.4. The lowest BCUT2D eigenvalue weighted by atomic mass is 10.0. The zero-order valence-corrected chi connectivity index (χ0v) is 20.3. The zero-order chi connectivity index (χ0) is 24.6. The number of halogens is 1. The molecular formula is C30H33FN2O2. The van der Waals surface area contributed by atoms with Gasteiger partial charge in [-0.3, -0.25) is 9.59 Å². The molecule has 0 saturated heterocycles. The number of carbonyl (C=O) groups is 2. The molecule has 2 amide bonds. The van der Waals surface area contributed by atoms with Gasteiger partial charge in [-0.15, -0.1) is 0 Å². The molecule has 1 unspecified atom stereocenters. The SMILES string of the molecule is Cc1cccc(CN(C(=O)Cc2ccccc2F)C(Cc2ccccc2)C(=O)NC2CCCC2)c1. The number of benzene rings is 3. The summed E-state index contributed by atoms with van der Waals surface area (Å²) in [6.45, 7) is 2.29. The molecule has 0 bridgehead atoms. The van der Waals surface area contributed by atoms with Gasteiger partial charge in [0.25, 0.3) is 0 Å². The van der Waals surface area contributed by atoms with Gasteiger partial charge in [-0.2, -0.15) is 0 Å². The molecular weight excluding hydrogens is 439 g/mol. The van der Waals surface area contributed by atoms with Crippen LogP contribution in [0.4, 0.5) is 4.39 Å². The lowest BCUT2D eigenvalue weighted by Gasteiger charge is -2.32. The van der Waals surface area contributed by atoms with E-state index in [1.165, 1.54) is 6.07 Å². The Labute approximate surface area is 207 Å². The highest BCUT2D eigenvalue weighted by atomic mass is 19.1. The van der Waals surface area contributed by atoms with Crippen molar-refractivity contribution in [3.05, 3.63) is 107 Å². The fraction of sp³-hybridized carbons (Fsp3) is 0.333. The van der Waals surface area contributed by atoms with E-state index in [0.717, 1.165) is 42.4 Å². The van der Waals surface area contributed by atoms with Gasteiger partial charge in [0.1, 0.15) is 11.9 Å². The van der Waals surface area contributed by atoms with Crippen LogP contribution >= 0.6 is 0 Å². The summed E-state index contributed by atoms with van der Waals surface area (Å²) in [5.74, 6) is -0.819. The molecule has 1 aliphatic carbocycles. The van der Waals surface area contributed by atoms with Crippen molar-refractivity contribution in [2.24, 2.45) is 0 Å². The van der Waals surface area contributed by atoms with Crippen LogP contribution in [0.25, 0.3) is 0 Å². The molecule has 3 aromatic carbocycles. The van der Waals surface area contributed by atoms with Crippen LogP contribution in [0.3, 0.4) is 0 Å². The van der Waals surface area contributed by atoms with E-state index in [4.69, 9.17) is 0 Å². The number of nitrogens with zero attached hydrogens (tertiary/aromatic N) is 1. The average Bonchev–Trinajstić information content (AvgIpc) is 3.36. The number of hydrogen-bond acceptors (Lipinski definition) is 2. The molecule has 0 heterocycles. The molecule has 0 aromatic heterocycles. The second kappa shape index (κ2) is 11.8. The second-order valence-corrected chi connectivity index (χ2v) is 9.47. The van der Waals surface area contributed by atoms with Gasteiger partial charge >= 0.3 is 0 Å². The number of amides is 2. The van der Waals surface area contributed by atoms with E-state index >= 15 is 0 Å². The molecule has 3 aromatic rings. The van der Waals surface area contributed by atoms with E-state index in [1.54, 1.807) is 23.1 Å². The van der Waals surface area contributed by atoms with E-state index in [9.17, 15) is 14.0 Å². The van der Waals surface area contributed by atoms with Gasteiger partial charge < -0.3 is 10.2 Å². The minimum absolute atomic E-state index is 0.0967. The van der Waals surface area contributed by atoms with E-state index in [0.29, 0.717) is 12.0 Å². The first-order valence-corrected chi connectivity index (χ1v) is 12.4. The zero-order valence-electron chi connectivity index (χ0n) is 20.3. The third kappa shape index (κ3) is 6.78. The van der Waals surface area contributed by atoms with Crippen molar-refractivity contribution in [2.45, 2.75) is 64.1 Å². The lowest BCUT2D eigenvalue weighted by Crippen LogP contribution is -2.52. The Balaban J connectivity index is 1.67. The molecule has 0 aliphatic heterocycles. The monoisotopic (exact) mass is 472 g/mol.